The monoisotopic (exact) mass is 713 g/mol. The maximum atomic E-state index is 5.64. The van der Waals surface area contributed by atoms with Crippen molar-refractivity contribution in [2.75, 3.05) is 0 Å². The van der Waals surface area contributed by atoms with E-state index in [9.17, 15) is 0 Å². The summed E-state index contributed by atoms with van der Waals surface area (Å²) in [5.41, 5.74) is 12.8. The first kappa shape index (κ1) is 31.3. The number of benzene rings is 9. The quantitative estimate of drug-likeness (QED) is 0.171. The fourth-order valence-electron chi connectivity index (χ4n) is 9.89. The zero-order valence-electron chi connectivity index (χ0n) is 31.1. The third kappa shape index (κ3) is 4.17. The summed E-state index contributed by atoms with van der Waals surface area (Å²) in [5.74, 6) is 0.661. The van der Waals surface area contributed by atoms with Gasteiger partial charge < -0.3 is 0 Å². The predicted molar refractivity (Wildman–Crippen MR) is 235 cm³/mol. The van der Waals surface area contributed by atoms with Crippen LogP contribution < -0.4 is 0 Å². The molecule has 2 heterocycles. The van der Waals surface area contributed by atoms with Crippen LogP contribution in [-0.4, -0.2) is 14.5 Å². The third-order valence-corrected chi connectivity index (χ3v) is 12.4. The Morgan fingerprint density at radius 3 is 1.86 bits per heavy atom. The van der Waals surface area contributed by atoms with E-state index in [0.29, 0.717) is 5.95 Å². The second-order valence-corrected chi connectivity index (χ2v) is 15.7. The fourth-order valence-corrected chi connectivity index (χ4v) is 9.89. The van der Waals surface area contributed by atoms with Crippen LogP contribution in [0.5, 0.6) is 0 Å². The van der Waals surface area contributed by atoms with E-state index in [2.05, 4.69) is 194 Å². The molecule has 0 unspecified atom stereocenters. The summed E-state index contributed by atoms with van der Waals surface area (Å²) in [5, 5.41) is 10.6. The standard InChI is InChI=1S/C53H35N3/c1-53(2)44-28-13-12-24-41(44)46-38(25-15-29-45(46)53)40-26-14-27-42-47-37-22-10-8-20-35(37)36-21-9-11-23-39(36)51(47)56(50(40)42)52-54-48(33-17-4-3-5-18-33)43-31-30-32-16-6-7-19-34(32)49(43)55-52/h3-31H,1-2H3. The SMILES string of the molecule is CC1(C)c2ccccc2-c2c(-c3cccc4c5c6ccccc6c6ccccc6c5n(-c5nc(-c6ccccc6)c6ccc7ccccc7c6n5)c34)cccc21. The van der Waals surface area contributed by atoms with E-state index in [-0.39, 0.29) is 5.41 Å². The van der Waals surface area contributed by atoms with Crippen molar-refractivity contribution in [3.05, 3.63) is 187 Å². The van der Waals surface area contributed by atoms with Crippen LogP contribution in [0.1, 0.15) is 25.0 Å². The molecule has 3 nitrogen and oxygen atoms in total. The van der Waals surface area contributed by atoms with Gasteiger partial charge in [-0.25, -0.2) is 9.97 Å². The number of nitrogens with zero attached hydrogens (tertiary/aromatic N) is 3. The van der Waals surface area contributed by atoms with E-state index in [1.54, 1.807) is 0 Å². The fraction of sp³-hybridized carbons (Fsp3) is 0.0566. The minimum Gasteiger partial charge on any atom is -0.277 e. The van der Waals surface area contributed by atoms with Crippen molar-refractivity contribution in [1.29, 1.82) is 0 Å². The smallest absolute Gasteiger partial charge is 0.235 e. The van der Waals surface area contributed by atoms with Crippen LogP contribution in [0.25, 0.3) is 104 Å². The second kappa shape index (κ2) is 11.5. The minimum absolute atomic E-state index is 0.123. The number of hydrogen-bond acceptors (Lipinski definition) is 2. The maximum Gasteiger partial charge on any atom is 0.235 e. The Morgan fingerprint density at radius 2 is 1.02 bits per heavy atom. The van der Waals surface area contributed by atoms with E-state index >= 15 is 0 Å². The zero-order chi connectivity index (χ0) is 37.1. The second-order valence-electron chi connectivity index (χ2n) is 15.7. The van der Waals surface area contributed by atoms with Crippen molar-refractivity contribution in [3.63, 3.8) is 0 Å². The summed E-state index contributed by atoms with van der Waals surface area (Å²) in [7, 11) is 0. The molecular formula is C53H35N3. The Bertz CT molecular complexity index is 3440. The molecule has 0 fully saturated rings. The molecule has 0 atom stereocenters. The molecule has 2 aromatic heterocycles. The molecule has 0 saturated carbocycles. The van der Waals surface area contributed by atoms with Crippen LogP contribution in [0.2, 0.25) is 0 Å². The Morgan fingerprint density at radius 1 is 0.411 bits per heavy atom. The van der Waals surface area contributed by atoms with Crippen LogP contribution in [0.4, 0.5) is 0 Å². The largest absolute Gasteiger partial charge is 0.277 e. The molecule has 262 valence electrons. The molecule has 3 heteroatoms. The molecule has 0 aliphatic heterocycles. The molecule has 0 radical (unpaired) electrons. The Kier molecular flexibility index (Phi) is 6.40. The molecule has 0 saturated heterocycles. The van der Waals surface area contributed by atoms with E-state index in [0.717, 1.165) is 44.0 Å². The first-order chi connectivity index (χ1) is 27.6. The first-order valence-electron chi connectivity index (χ1n) is 19.4. The number of fused-ring (bicyclic) bond motifs is 14. The van der Waals surface area contributed by atoms with E-state index < -0.39 is 0 Å². The van der Waals surface area contributed by atoms with Crippen molar-refractivity contribution in [1.82, 2.24) is 14.5 Å². The van der Waals surface area contributed by atoms with Crippen LogP contribution in [0.3, 0.4) is 0 Å². The van der Waals surface area contributed by atoms with Crippen LogP contribution >= 0.6 is 0 Å². The molecular weight excluding hydrogens is 679 g/mol. The van der Waals surface area contributed by atoms with Gasteiger partial charge in [-0.1, -0.05) is 184 Å². The van der Waals surface area contributed by atoms with Gasteiger partial charge in [0.15, 0.2) is 0 Å². The summed E-state index contributed by atoms with van der Waals surface area (Å²) in [6.45, 7) is 4.71. The lowest BCUT2D eigenvalue weighted by atomic mass is 9.82. The number of rotatable bonds is 3. The molecule has 0 N–H and O–H groups in total. The summed E-state index contributed by atoms with van der Waals surface area (Å²) < 4.78 is 2.40. The van der Waals surface area contributed by atoms with Crippen molar-refractivity contribution < 1.29 is 0 Å². The molecule has 12 rings (SSSR count). The average molecular weight is 714 g/mol. The van der Waals surface area contributed by atoms with E-state index in [1.165, 1.54) is 65.7 Å². The number of hydrogen-bond donors (Lipinski definition) is 0. The van der Waals surface area contributed by atoms with Gasteiger partial charge in [0, 0.05) is 43.5 Å². The van der Waals surface area contributed by atoms with Crippen LogP contribution in [0, 0.1) is 0 Å². The van der Waals surface area contributed by atoms with Gasteiger partial charge in [-0.3, -0.25) is 4.57 Å². The third-order valence-electron chi connectivity index (χ3n) is 12.4. The van der Waals surface area contributed by atoms with Crippen molar-refractivity contribution in [3.8, 4) is 39.5 Å². The van der Waals surface area contributed by atoms with Gasteiger partial charge >= 0.3 is 0 Å². The normalized spacial score (nSPS) is 13.3. The highest BCUT2D eigenvalue weighted by atomic mass is 15.2. The van der Waals surface area contributed by atoms with Crippen molar-refractivity contribution >= 4 is 65.0 Å². The summed E-state index contributed by atoms with van der Waals surface area (Å²) in [6.07, 6.45) is 0. The predicted octanol–water partition coefficient (Wildman–Crippen LogP) is 13.8. The van der Waals surface area contributed by atoms with Gasteiger partial charge in [0.25, 0.3) is 0 Å². The van der Waals surface area contributed by atoms with Gasteiger partial charge in [-0.2, -0.15) is 0 Å². The topological polar surface area (TPSA) is 30.7 Å². The van der Waals surface area contributed by atoms with E-state index in [1.807, 2.05) is 0 Å². The summed E-state index contributed by atoms with van der Waals surface area (Å²) in [4.78, 5) is 11.3. The molecule has 0 amide bonds. The minimum atomic E-state index is -0.123. The van der Waals surface area contributed by atoms with Crippen LogP contribution in [0.15, 0.2) is 176 Å². The zero-order valence-corrected chi connectivity index (χ0v) is 31.1. The lowest BCUT2D eigenvalue weighted by Crippen LogP contribution is -2.14. The highest BCUT2D eigenvalue weighted by molar-refractivity contribution is 6.33. The first-order valence-corrected chi connectivity index (χ1v) is 19.4. The highest BCUT2D eigenvalue weighted by Crippen LogP contribution is 2.54. The van der Waals surface area contributed by atoms with Gasteiger partial charge in [0.1, 0.15) is 0 Å². The average Bonchev–Trinajstić information content (AvgIpc) is 3.73. The Balaban J connectivity index is 1.32. The lowest BCUT2D eigenvalue weighted by molar-refractivity contribution is 0.660. The highest BCUT2D eigenvalue weighted by Gasteiger charge is 2.37. The van der Waals surface area contributed by atoms with Gasteiger partial charge in [-0.15, -0.1) is 0 Å². The maximum absolute atomic E-state index is 5.64. The molecule has 0 spiro atoms. The Labute approximate surface area is 324 Å². The van der Waals surface area contributed by atoms with Gasteiger partial charge in [0.2, 0.25) is 5.95 Å². The van der Waals surface area contributed by atoms with Crippen molar-refractivity contribution in [2.24, 2.45) is 0 Å². The molecule has 9 aromatic carbocycles. The number of aromatic nitrogens is 3. The lowest BCUT2D eigenvalue weighted by Gasteiger charge is -2.21. The Hall–Kier alpha value is -7.10. The van der Waals surface area contributed by atoms with Crippen molar-refractivity contribution in [2.45, 2.75) is 19.3 Å². The molecule has 11 aromatic rings. The molecule has 1 aliphatic carbocycles. The molecule has 1 aliphatic rings. The molecule has 0 bridgehead atoms. The molecule has 56 heavy (non-hydrogen) atoms. The van der Waals surface area contributed by atoms with Crippen LogP contribution in [-0.2, 0) is 5.41 Å². The number of para-hydroxylation sites is 1. The van der Waals surface area contributed by atoms with Gasteiger partial charge in [-0.05, 0) is 55.4 Å². The van der Waals surface area contributed by atoms with E-state index in [4.69, 9.17) is 9.97 Å². The summed E-state index contributed by atoms with van der Waals surface area (Å²) in [6, 6.07) is 63.9. The van der Waals surface area contributed by atoms with Gasteiger partial charge in [0.05, 0.1) is 22.2 Å². The summed E-state index contributed by atoms with van der Waals surface area (Å²) >= 11 is 0.